The summed E-state index contributed by atoms with van der Waals surface area (Å²) in [4.78, 5) is 2.37. The maximum atomic E-state index is 6.42. The van der Waals surface area contributed by atoms with E-state index in [9.17, 15) is 0 Å². The molecule has 0 amide bonds. The number of rotatable bonds is 7. The number of aromatic nitrogens is 1. The first-order valence-electron chi connectivity index (χ1n) is 20.8. The first-order valence-corrected chi connectivity index (χ1v) is 20.8. The summed E-state index contributed by atoms with van der Waals surface area (Å²) in [7, 11) is 0. The molecule has 0 aliphatic carbocycles. The minimum Gasteiger partial charge on any atom is -0.455 e. The SMILES string of the molecule is c1ccc(-c2ccc(-n3c4ccccc4c4cc(-c5ccc(N(c6ccc(-c7cccc8c7oc7ccccc78)cc6)c6cccc7ccccc67)cc5)ccc43)cc2)cc1. The van der Waals surface area contributed by atoms with Crippen LogP contribution in [0.15, 0.2) is 235 Å². The van der Waals surface area contributed by atoms with Gasteiger partial charge in [-0.1, -0.05) is 164 Å². The Balaban J connectivity index is 0.926. The zero-order chi connectivity index (χ0) is 40.3. The van der Waals surface area contributed by atoms with Gasteiger partial charge in [-0.15, -0.1) is 0 Å². The quantitative estimate of drug-likeness (QED) is 0.161. The summed E-state index contributed by atoms with van der Waals surface area (Å²) < 4.78 is 8.81. The summed E-state index contributed by atoms with van der Waals surface area (Å²) >= 11 is 0. The van der Waals surface area contributed by atoms with Crippen molar-refractivity contribution in [3.8, 4) is 39.1 Å². The number of hydrogen-bond acceptors (Lipinski definition) is 2. The van der Waals surface area contributed by atoms with Gasteiger partial charge in [0, 0.05) is 49.6 Å². The zero-order valence-corrected chi connectivity index (χ0v) is 33.2. The van der Waals surface area contributed by atoms with Crippen LogP contribution in [0.4, 0.5) is 17.1 Å². The minimum absolute atomic E-state index is 0.906. The molecule has 0 atom stereocenters. The molecular weight excluding hydrogens is 741 g/mol. The van der Waals surface area contributed by atoms with E-state index in [-0.39, 0.29) is 0 Å². The van der Waals surface area contributed by atoms with E-state index in [1.54, 1.807) is 0 Å². The molecule has 0 N–H and O–H groups in total. The molecule has 0 radical (unpaired) electrons. The average Bonchev–Trinajstić information content (AvgIpc) is 3.88. The Bertz CT molecular complexity index is 3560. The zero-order valence-electron chi connectivity index (χ0n) is 33.2. The van der Waals surface area contributed by atoms with Crippen LogP contribution in [0.2, 0.25) is 0 Å². The normalized spacial score (nSPS) is 11.6. The third-order valence-corrected chi connectivity index (χ3v) is 12.2. The Morgan fingerprint density at radius 1 is 0.344 bits per heavy atom. The Kier molecular flexibility index (Phi) is 8.17. The van der Waals surface area contributed by atoms with Crippen molar-refractivity contribution in [3.05, 3.63) is 231 Å². The van der Waals surface area contributed by atoms with Crippen LogP contribution < -0.4 is 4.90 Å². The van der Waals surface area contributed by atoms with E-state index in [1.807, 2.05) is 12.1 Å². The molecule has 0 saturated heterocycles. The van der Waals surface area contributed by atoms with E-state index in [2.05, 4.69) is 228 Å². The molecule has 286 valence electrons. The van der Waals surface area contributed by atoms with Crippen molar-refractivity contribution in [2.24, 2.45) is 0 Å². The van der Waals surface area contributed by atoms with Crippen LogP contribution in [0, 0.1) is 0 Å². The van der Waals surface area contributed by atoms with E-state index >= 15 is 0 Å². The third-order valence-electron chi connectivity index (χ3n) is 12.2. The molecule has 10 aromatic carbocycles. The van der Waals surface area contributed by atoms with Crippen molar-refractivity contribution in [2.45, 2.75) is 0 Å². The lowest BCUT2D eigenvalue weighted by molar-refractivity contribution is 0.670. The Labute approximate surface area is 353 Å². The number of anilines is 3. The molecule has 3 heteroatoms. The van der Waals surface area contributed by atoms with Crippen molar-refractivity contribution < 1.29 is 4.42 Å². The van der Waals surface area contributed by atoms with Crippen molar-refractivity contribution in [1.29, 1.82) is 0 Å². The summed E-state index contributed by atoms with van der Waals surface area (Å²) in [6, 6.07) is 82.9. The monoisotopic (exact) mass is 778 g/mol. The van der Waals surface area contributed by atoms with Gasteiger partial charge in [0.15, 0.2) is 0 Å². The Morgan fingerprint density at radius 2 is 0.902 bits per heavy atom. The van der Waals surface area contributed by atoms with Crippen LogP contribution >= 0.6 is 0 Å². The molecule has 12 aromatic rings. The van der Waals surface area contributed by atoms with Gasteiger partial charge >= 0.3 is 0 Å². The molecule has 0 bridgehead atoms. The van der Waals surface area contributed by atoms with Crippen molar-refractivity contribution in [1.82, 2.24) is 4.57 Å². The molecule has 0 unspecified atom stereocenters. The van der Waals surface area contributed by atoms with Crippen LogP contribution in [-0.4, -0.2) is 4.57 Å². The lowest BCUT2D eigenvalue weighted by atomic mass is 10.0. The second-order valence-corrected chi connectivity index (χ2v) is 15.7. The number of fused-ring (bicyclic) bond motifs is 7. The average molecular weight is 779 g/mol. The van der Waals surface area contributed by atoms with Crippen LogP contribution in [-0.2, 0) is 0 Å². The standard InChI is InChI=1S/C58H38N2O/c1-2-12-39(13-3-1)40-24-33-47(34-25-40)60-55-21-8-6-17-50(55)53-38-44(30-37-56(53)60)41-26-31-45(32-27-41)59(54-22-10-15-42-14-4-5-16-48(42)54)46-35-28-43(29-36-46)49-19-11-20-52-51-18-7-9-23-57(51)61-58(49)52/h1-38H. The number of hydrogen-bond donors (Lipinski definition) is 0. The first-order chi connectivity index (χ1) is 30.2. The number of nitrogens with zero attached hydrogens (tertiary/aromatic N) is 2. The van der Waals surface area contributed by atoms with Gasteiger partial charge in [0.25, 0.3) is 0 Å². The van der Waals surface area contributed by atoms with E-state index in [0.717, 1.165) is 55.8 Å². The molecule has 3 nitrogen and oxygen atoms in total. The highest BCUT2D eigenvalue weighted by atomic mass is 16.3. The summed E-state index contributed by atoms with van der Waals surface area (Å²) in [5, 5.41) is 7.15. The fourth-order valence-corrected chi connectivity index (χ4v) is 9.26. The molecule has 0 fully saturated rings. The smallest absolute Gasteiger partial charge is 0.143 e. The van der Waals surface area contributed by atoms with Crippen LogP contribution in [0.25, 0.3) is 93.6 Å². The summed E-state index contributed by atoms with van der Waals surface area (Å²) in [5.41, 5.74) is 15.6. The molecule has 0 aliphatic rings. The third kappa shape index (κ3) is 5.90. The Morgan fingerprint density at radius 3 is 1.70 bits per heavy atom. The molecule has 0 spiro atoms. The predicted octanol–water partition coefficient (Wildman–Crippen LogP) is 16.3. The molecule has 12 rings (SSSR count). The van der Waals surface area contributed by atoms with Gasteiger partial charge in [-0.25, -0.2) is 0 Å². The molecule has 2 aromatic heterocycles. The topological polar surface area (TPSA) is 21.3 Å². The highest BCUT2D eigenvalue weighted by molar-refractivity contribution is 6.11. The van der Waals surface area contributed by atoms with Gasteiger partial charge in [0.2, 0.25) is 0 Å². The maximum absolute atomic E-state index is 6.42. The van der Waals surface area contributed by atoms with E-state index in [0.29, 0.717) is 0 Å². The molecular formula is C58H38N2O. The Hall–Kier alpha value is -8.14. The van der Waals surface area contributed by atoms with Gasteiger partial charge in [-0.2, -0.15) is 0 Å². The van der Waals surface area contributed by atoms with Gasteiger partial charge in [0.05, 0.1) is 16.7 Å². The van der Waals surface area contributed by atoms with Crippen molar-refractivity contribution >= 4 is 71.6 Å². The highest BCUT2D eigenvalue weighted by Crippen LogP contribution is 2.42. The molecule has 0 saturated carbocycles. The predicted molar refractivity (Wildman–Crippen MR) is 257 cm³/mol. The fourth-order valence-electron chi connectivity index (χ4n) is 9.26. The van der Waals surface area contributed by atoms with Crippen molar-refractivity contribution in [3.63, 3.8) is 0 Å². The number of benzene rings is 10. The van der Waals surface area contributed by atoms with Gasteiger partial charge in [-0.3, -0.25) is 0 Å². The van der Waals surface area contributed by atoms with E-state index in [1.165, 1.54) is 54.8 Å². The van der Waals surface area contributed by atoms with E-state index < -0.39 is 0 Å². The van der Waals surface area contributed by atoms with Crippen LogP contribution in [0.1, 0.15) is 0 Å². The highest BCUT2D eigenvalue weighted by Gasteiger charge is 2.18. The lowest BCUT2D eigenvalue weighted by Gasteiger charge is -2.27. The fraction of sp³-hybridized carbons (Fsp3) is 0. The van der Waals surface area contributed by atoms with E-state index in [4.69, 9.17) is 4.42 Å². The van der Waals surface area contributed by atoms with Gasteiger partial charge < -0.3 is 13.9 Å². The second kappa shape index (κ2) is 14.3. The maximum Gasteiger partial charge on any atom is 0.143 e. The van der Waals surface area contributed by atoms with Crippen molar-refractivity contribution in [2.75, 3.05) is 4.90 Å². The molecule has 0 aliphatic heterocycles. The lowest BCUT2D eigenvalue weighted by Crippen LogP contribution is -2.10. The van der Waals surface area contributed by atoms with Crippen LogP contribution in [0.5, 0.6) is 0 Å². The second-order valence-electron chi connectivity index (χ2n) is 15.7. The first kappa shape index (κ1) is 34.9. The van der Waals surface area contributed by atoms with Gasteiger partial charge in [0.1, 0.15) is 11.2 Å². The minimum atomic E-state index is 0.906. The summed E-state index contributed by atoms with van der Waals surface area (Å²) in [5.74, 6) is 0. The molecule has 2 heterocycles. The number of para-hydroxylation sites is 3. The summed E-state index contributed by atoms with van der Waals surface area (Å²) in [6.07, 6.45) is 0. The summed E-state index contributed by atoms with van der Waals surface area (Å²) in [6.45, 7) is 0. The largest absolute Gasteiger partial charge is 0.455 e. The van der Waals surface area contributed by atoms with Crippen LogP contribution in [0.3, 0.4) is 0 Å². The molecule has 61 heavy (non-hydrogen) atoms. The number of furan rings is 1. The van der Waals surface area contributed by atoms with Gasteiger partial charge in [-0.05, 0) is 99.9 Å².